The Labute approximate surface area is 96.8 Å². The molecule has 0 amide bonds. The van der Waals surface area contributed by atoms with Crippen LogP contribution in [-0.4, -0.2) is 5.78 Å². The van der Waals surface area contributed by atoms with Gasteiger partial charge in [0.25, 0.3) is 0 Å². The molecule has 15 heavy (non-hydrogen) atoms. The van der Waals surface area contributed by atoms with Crippen LogP contribution in [0, 0.1) is 11.7 Å². The topological polar surface area (TPSA) is 17.1 Å². The van der Waals surface area contributed by atoms with Crippen LogP contribution in [0.15, 0.2) is 22.7 Å². The summed E-state index contributed by atoms with van der Waals surface area (Å²) >= 11 is 3.22. The summed E-state index contributed by atoms with van der Waals surface area (Å²) < 4.78 is 14.0. The lowest BCUT2D eigenvalue weighted by molar-refractivity contribution is 0.0931. The van der Waals surface area contributed by atoms with E-state index in [0.29, 0.717) is 16.8 Å². The lowest BCUT2D eigenvalue weighted by atomic mass is 9.81. The molecule has 1 aliphatic rings. The van der Waals surface area contributed by atoms with Gasteiger partial charge in [-0.2, -0.15) is 0 Å². The van der Waals surface area contributed by atoms with E-state index in [1.165, 1.54) is 12.5 Å². The maximum atomic E-state index is 13.4. The van der Waals surface area contributed by atoms with Crippen LogP contribution in [-0.2, 0) is 0 Å². The van der Waals surface area contributed by atoms with Crippen molar-refractivity contribution in [1.82, 2.24) is 0 Å². The van der Waals surface area contributed by atoms with Crippen LogP contribution in [0.4, 0.5) is 4.39 Å². The number of ketones is 1. The number of rotatable bonds is 3. The molecule has 0 unspecified atom stereocenters. The van der Waals surface area contributed by atoms with Crippen molar-refractivity contribution in [1.29, 1.82) is 0 Å². The molecule has 1 fully saturated rings. The quantitative estimate of drug-likeness (QED) is 0.760. The first-order valence-electron chi connectivity index (χ1n) is 5.15. The highest BCUT2D eigenvalue weighted by Gasteiger charge is 2.23. The number of hydrogen-bond acceptors (Lipinski definition) is 1. The zero-order valence-corrected chi connectivity index (χ0v) is 9.89. The smallest absolute Gasteiger partial charge is 0.167 e. The molecule has 0 radical (unpaired) electrons. The molecule has 0 spiro atoms. The highest BCUT2D eigenvalue weighted by atomic mass is 79.9. The average molecular weight is 271 g/mol. The van der Waals surface area contributed by atoms with Gasteiger partial charge in [-0.1, -0.05) is 25.3 Å². The fourth-order valence-corrected chi connectivity index (χ4v) is 2.39. The van der Waals surface area contributed by atoms with Gasteiger partial charge in [-0.05, 0) is 34.0 Å². The highest BCUT2D eigenvalue weighted by molar-refractivity contribution is 9.10. The van der Waals surface area contributed by atoms with Gasteiger partial charge in [-0.25, -0.2) is 4.39 Å². The van der Waals surface area contributed by atoms with Gasteiger partial charge in [0.1, 0.15) is 5.82 Å². The van der Waals surface area contributed by atoms with Gasteiger partial charge in [0.15, 0.2) is 5.78 Å². The molecule has 80 valence electrons. The minimum absolute atomic E-state index is 0.0790. The van der Waals surface area contributed by atoms with Crippen LogP contribution in [0.25, 0.3) is 0 Å². The van der Waals surface area contributed by atoms with Crippen molar-refractivity contribution in [2.45, 2.75) is 25.7 Å². The fourth-order valence-electron chi connectivity index (χ4n) is 1.83. The summed E-state index contributed by atoms with van der Waals surface area (Å²) in [5.41, 5.74) is 0.212. The van der Waals surface area contributed by atoms with Gasteiger partial charge in [0, 0.05) is 10.9 Å². The molecule has 0 bridgehead atoms. The molecule has 1 aliphatic carbocycles. The van der Waals surface area contributed by atoms with Crippen molar-refractivity contribution in [3.63, 3.8) is 0 Å². The molecule has 0 N–H and O–H groups in total. The normalized spacial score (nSPS) is 16.1. The summed E-state index contributed by atoms with van der Waals surface area (Å²) in [5, 5.41) is 0. The van der Waals surface area contributed by atoms with Gasteiger partial charge < -0.3 is 0 Å². The van der Waals surface area contributed by atoms with Crippen LogP contribution in [0.2, 0.25) is 0 Å². The van der Waals surface area contributed by atoms with E-state index in [-0.39, 0.29) is 11.3 Å². The van der Waals surface area contributed by atoms with Crippen molar-refractivity contribution < 1.29 is 9.18 Å². The molecule has 0 aromatic heterocycles. The zero-order chi connectivity index (χ0) is 10.8. The van der Waals surface area contributed by atoms with Gasteiger partial charge in [-0.15, -0.1) is 0 Å². The standard InChI is InChI=1S/C12H12BrFO/c13-9-5-2-6-10(14)12(9)11(15)7-8-3-1-4-8/h2,5-6,8H,1,3-4,7H2. The molecular formula is C12H12BrFO. The lowest BCUT2D eigenvalue weighted by Crippen LogP contribution is -2.17. The minimum atomic E-state index is -0.423. The van der Waals surface area contributed by atoms with Gasteiger partial charge in [0.05, 0.1) is 5.56 Å². The SMILES string of the molecule is O=C(CC1CCC1)c1c(F)cccc1Br. The second kappa shape index (κ2) is 4.44. The second-order valence-electron chi connectivity index (χ2n) is 4.02. The van der Waals surface area contributed by atoms with E-state index in [1.54, 1.807) is 12.1 Å². The van der Waals surface area contributed by atoms with E-state index in [4.69, 9.17) is 0 Å². The monoisotopic (exact) mass is 270 g/mol. The molecule has 0 heterocycles. The Morgan fingerprint density at radius 1 is 1.47 bits per heavy atom. The van der Waals surface area contributed by atoms with Crippen LogP contribution in [0.1, 0.15) is 36.0 Å². The molecule has 0 atom stereocenters. The zero-order valence-electron chi connectivity index (χ0n) is 8.30. The fraction of sp³-hybridized carbons (Fsp3) is 0.417. The third kappa shape index (κ3) is 2.28. The Balaban J connectivity index is 2.16. The maximum absolute atomic E-state index is 13.4. The van der Waals surface area contributed by atoms with E-state index in [1.807, 2.05) is 0 Å². The Bertz CT molecular complexity index is 365. The molecular weight excluding hydrogens is 259 g/mol. The third-order valence-corrected chi connectivity index (χ3v) is 3.60. The molecule has 1 saturated carbocycles. The van der Waals surface area contributed by atoms with Crippen molar-refractivity contribution >= 4 is 21.7 Å². The summed E-state index contributed by atoms with van der Waals surface area (Å²) in [5.74, 6) is -0.0256. The van der Waals surface area contributed by atoms with E-state index in [0.717, 1.165) is 12.8 Å². The molecule has 1 nitrogen and oxygen atoms in total. The summed E-state index contributed by atoms with van der Waals surface area (Å²) in [6.07, 6.45) is 3.91. The second-order valence-corrected chi connectivity index (χ2v) is 4.88. The maximum Gasteiger partial charge on any atom is 0.167 e. The average Bonchev–Trinajstić information content (AvgIpc) is 2.11. The van der Waals surface area contributed by atoms with Gasteiger partial charge >= 0.3 is 0 Å². The first-order valence-corrected chi connectivity index (χ1v) is 5.95. The Kier molecular flexibility index (Phi) is 3.19. The molecule has 3 heteroatoms. The first kappa shape index (κ1) is 10.8. The van der Waals surface area contributed by atoms with Crippen molar-refractivity contribution in [2.75, 3.05) is 0 Å². The Hall–Kier alpha value is -0.700. The summed E-state index contributed by atoms with van der Waals surface area (Å²) in [6.45, 7) is 0. The Morgan fingerprint density at radius 2 is 2.20 bits per heavy atom. The predicted molar refractivity (Wildman–Crippen MR) is 60.4 cm³/mol. The number of Topliss-reactive ketones (excluding diaryl/α,β-unsaturated/α-hetero) is 1. The van der Waals surface area contributed by atoms with E-state index >= 15 is 0 Å². The molecule has 1 aromatic carbocycles. The molecule has 0 saturated heterocycles. The van der Waals surface area contributed by atoms with Gasteiger partial charge in [0.2, 0.25) is 0 Å². The summed E-state index contributed by atoms with van der Waals surface area (Å²) in [4.78, 5) is 11.8. The number of hydrogen-bond donors (Lipinski definition) is 0. The lowest BCUT2D eigenvalue weighted by Gasteiger charge is -2.24. The number of benzene rings is 1. The van der Waals surface area contributed by atoms with E-state index in [9.17, 15) is 9.18 Å². The van der Waals surface area contributed by atoms with Crippen LogP contribution in [0.3, 0.4) is 0 Å². The van der Waals surface area contributed by atoms with Crippen LogP contribution >= 0.6 is 15.9 Å². The molecule has 1 aromatic rings. The molecule has 2 rings (SSSR count). The first-order chi connectivity index (χ1) is 7.18. The van der Waals surface area contributed by atoms with Crippen molar-refractivity contribution in [3.8, 4) is 0 Å². The minimum Gasteiger partial charge on any atom is -0.294 e. The van der Waals surface area contributed by atoms with Crippen LogP contribution in [0.5, 0.6) is 0 Å². The highest BCUT2D eigenvalue weighted by Crippen LogP contribution is 2.32. The van der Waals surface area contributed by atoms with Crippen LogP contribution < -0.4 is 0 Å². The van der Waals surface area contributed by atoms with Crippen molar-refractivity contribution in [2.24, 2.45) is 5.92 Å². The van der Waals surface area contributed by atoms with E-state index < -0.39 is 5.82 Å². The third-order valence-electron chi connectivity index (χ3n) is 2.94. The van der Waals surface area contributed by atoms with Crippen molar-refractivity contribution in [3.05, 3.63) is 34.1 Å². The predicted octanol–water partition coefficient (Wildman–Crippen LogP) is 3.96. The van der Waals surface area contributed by atoms with Gasteiger partial charge in [-0.3, -0.25) is 4.79 Å². The molecule has 0 aliphatic heterocycles. The van der Waals surface area contributed by atoms with E-state index in [2.05, 4.69) is 15.9 Å². The Morgan fingerprint density at radius 3 is 2.73 bits per heavy atom. The number of carbonyl (C=O) groups excluding carboxylic acids is 1. The summed E-state index contributed by atoms with van der Waals surface area (Å²) in [6, 6.07) is 4.63. The number of halogens is 2. The number of carbonyl (C=O) groups is 1. The summed E-state index contributed by atoms with van der Waals surface area (Å²) in [7, 11) is 0. The largest absolute Gasteiger partial charge is 0.294 e.